The van der Waals surface area contributed by atoms with E-state index in [1.165, 1.54) is 5.56 Å². The van der Waals surface area contributed by atoms with Crippen LogP contribution in [0.3, 0.4) is 0 Å². The molecular formula is C16H20N2O. The molecule has 2 aromatic rings. The van der Waals surface area contributed by atoms with E-state index >= 15 is 0 Å². The Bertz CT molecular complexity index is 636. The van der Waals surface area contributed by atoms with Gasteiger partial charge in [-0.2, -0.15) is 0 Å². The molecule has 1 N–H and O–H groups in total. The van der Waals surface area contributed by atoms with Crippen molar-refractivity contribution < 1.29 is 0 Å². The SMILES string of the molecule is CCc1ccccc1-c1nc(C(C)(C)C)cc(=O)[nH]1. The maximum atomic E-state index is 11.8. The fourth-order valence-electron chi connectivity index (χ4n) is 2.03. The van der Waals surface area contributed by atoms with Crippen LogP contribution < -0.4 is 5.56 Å². The highest BCUT2D eigenvalue weighted by molar-refractivity contribution is 5.60. The normalized spacial score (nSPS) is 11.6. The Hall–Kier alpha value is -1.90. The number of aryl methyl sites for hydroxylation is 1. The molecule has 3 heteroatoms. The Morgan fingerprint density at radius 2 is 1.89 bits per heavy atom. The summed E-state index contributed by atoms with van der Waals surface area (Å²) >= 11 is 0. The minimum Gasteiger partial charge on any atom is -0.307 e. The van der Waals surface area contributed by atoms with Crippen molar-refractivity contribution in [3.63, 3.8) is 0 Å². The summed E-state index contributed by atoms with van der Waals surface area (Å²) in [6.45, 7) is 8.28. The van der Waals surface area contributed by atoms with Crippen LogP contribution in [-0.2, 0) is 11.8 Å². The second kappa shape index (κ2) is 5.00. The van der Waals surface area contributed by atoms with Crippen molar-refractivity contribution in [2.24, 2.45) is 0 Å². The van der Waals surface area contributed by atoms with Gasteiger partial charge < -0.3 is 4.98 Å². The van der Waals surface area contributed by atoms with Crippen molar-refractivity contribution in [1.82, 2.24) is 9.97 Å². The van der Waals surface area contributed by atoms with Crippen LogP contribution >= 0.6 is 0 Å². The summed E-state index contributed by atoms with van der Waals surface area (Å²) in [5.41, 5.74) is 2.78. The monoisotopic (exact) mass is 256 g/mol. The zero-order chi connectivity index (χ0) is 14.0. The number of nitrogens with one attached hydrogen (secondary N) is 1. The number of hydrogen-bond donors (Lipinski definition) is 1. The highest BCUT2D eigenvalue weighted by atomic mass is 16.1. The van der Waals surface area contributed by atoms with E-state index in [2.05, 4.69) is 43.7 Å². The van der Waals surface area contributed by atoms with Crippen LogP contribution in [0.4, 0.5) is 0 Å². The summed E-state index contributed by atoms with van der Waals surface area (Å²) in [4.78, 5) is 19.3. The van der Waals surface area contributed by atoms with Gasteiger partial charge in [0.25, 0.3) is 5.56 Å². The van der Waals surface area contributed by atoms with Crippen molar-refractivity contribution in [1.29, 1.82) is 0 Å². The van der Waals surface area contributed by atoms with Crippen LogP contribution in [0.15, 0.2) is 35.1 Å². The number of hydrogen-bond acceptors (Lipinski definition) is 2. The van der Waals surface area contributed by atoms with Crippen molar-refractivity contribution in [2.75, 3.05) is 0 Å². The summed E-state index contributed by atoms with van der Waals surface area (Å²) in [7, 11) is 0. The third kappa shape index (κ3) is 2.92. The Kier molecular flexibility index (Phi) is 3.56. The predicted octanol–water partition coefficient (Wildman–Crippen LogP) is 3.30. The van der Waals surface area contributed by atoms with Crippen LogP contribution in [-0.4, -0.2) is 9.97 Å². The summed E-state index contributed by atoms with van der Waals surface area (Å²) in [5.74, 6) is 0.662. The van der Waals surface area contributed by atoms with Gasteiger partial charge in [0.15, 0.2) is 0 Å². The molecule has 0 fully saturated rings. The number of aromatic amines is 1. The lowest BCUT2D eigenvalue weighted by atomic mass is 9.92. The maximum absolute atomic E-state index is 11.8. The molecular weight excluding hydrogens is 236 g/mol. The van der Waals surface area contributed by atoms with Gasteiger partial charge >= 0.3 is 0 Å². The highest BCUT2D eigenvalue weighted by Crippen LogP contribution is 2.23. The van der Waals surface area contributed by atoms with Gasteiger partial charge in [-0.05, 0) is 12.0 Å². The molecule has 0 atom stereocenters. The lowest BCUT2D eigenvalue weighted by molar-refractivity contribution is 0.566. The molecule has 0 spiro atoms. The third-order valence-corrected chi connectivity index (χ3v) is 3.16. The molecule has 0 aliphatic heterocycles. The molecule has 19 heavy (non-hydrogen) atoms. The van der Waals surface area contributed by atoms with Crippen LogP contribution in [0.2, 0.25) is 0 Å². The molecule has 0 radical (unpaired) electrons. The zero-order valence-electron chi connectivity index (χ0n) is 11.9. The fraction of sp³-hybridized carbons (Fsp3) is 0.375. The fourth-order valence-corrected chi connectivity index (χ4v) is 2.03. The maximum Gasteiger partial charge on any atom is 0.251 e. The van der Waals surface area contributed by atoms with Crippen molar-refractivity contribution in [2.45, 2.75) is 39.5 Å². The Balaban J connectivity index is 2.63. The highest BCUT2D eigenvalue weighted by Gasteiger charge is 2.18. The average Bonchev–Trinajstić information content (AvgIpc) is 2.37. The molecule has 100 valence electrons. The molecule has 1 aromatic carbocycles. The van der Waals surface area contributed by atoms with E-state index in [1.54, 1.807) is 6.07 Å². The van der Waals surface area contributed by atoms with Gasteiger partial charge in [0.2, 0.25) is 0 Å². The molecule has 0 aliphatic rings. The zero-order valence-corrected chi connectivity index (χ0v) is 11.9. The van der Waals surface area contributed by atoms with Gasteiger partial charge in [0.05, 0.1) is 5.69 Å². The number of H-pyrrole nitrogens is 1. The van der Waals surface area contributed by atoms with E-state index in [4.69, 9.17) is 0 Å². The molecule has 0 amide bonds. The van der Waals surface area contributed by atoms with E-state index in [0.29, 0.717) is 5.82 Å². The van der Waals surface area contributed by atoms with Gasteiger partial charge in [-0.15, -0.1) is 0 Å². The lowest BCUT2D eigenvalue weighted by Crippen LogP contribution is -2.20. The van der Waals surface area contributed by atoms with E-state index in [-0.39, 0.29) is 11.0 Å². The first-order chi connectivity index (χ1) is 8.91. The van der Waals surface area contributed by atoms with Gasteiger partial charge in [-0.1, -0.05) is 52.0 Å². The summed E-state index contributed by atoms with van der Waals surface area (Å²) in [6, 6.07) is 9.63. The molecule has 0 aliphatic carbocycles. The molecule has 0 saturated carbocycles. The number of aromatic nitrogens is 2. The van der Waals surface area contributed by atoms with Gasteiger partial charge in [-0.3, -0.25) is 4.79 Å². The number of nitrogens with zero attached hydrogens (tertiary/aromatic N) is 1. The Morgan fingerprint density at radius 1 is 1.21 bits per heavy atom. The van der Waals surface area contributed by atoms with E-state index < -0.39 is 0 Å². The molecule has 0 unspecified atom stereocenters. The average molecular weight is 256 g/mol. The van der Waals surface area contributed by atoms with Gasteiger partial charge in [-0.25, -0.2) is 4.98 Å². The second-order valence-corrected chi connectivity index (χ2v) is 5.74. The Morgan fingerprint density at radius 3 is 2.53 bits per heavy atom. The molecule has 1 heterocycles. The largest absolute Gasteiger partial charge is 0.307 e. The molecule has 3 nitrogen and oxygen atoms in total. The minimum absolute atomic E-state index is 0.0965. The van der Waals surface area contributed by atoms with Gasteiger partial charge in [0, 0.05) is 17.0 Å². The summed E-state index contributed by atoms with van der Waals surface area (Å²) in [6.07, 6.45) is 0.916. The third-order valence-electron chi connectivity index (χ3n) is 3.16. The second-order valence-electron chi connectivity index (χ2n) is 5.74. The topological polar surface area (TPSA) is 45.8 Å². The standard InChI is InChI=1S/C16H20N2O/c1-5-11-8-6-7-9-12(11)15-17-13(16(2,3)4)10-14(19)18-15/h6-10H,5H2,1-4H3,(H,17,18,19). The summed E-state index contributed by atoms with van der Waals surface area (Å²) in [5, 5.41) is 0. The van der Waals surface area contributed by atoms with Gasteiger partial charge in [0.1, 0.15) is 5.82 Å². The Labute approximate surface area is 113 Å². The van der Waals surface area contributed by atoms with E-state index in [0.717, 1.165) is 17.7 Å². The van der Waals surface area contributed by atoms with Crippen LogP contribution in [0.5, 0.6) is 0 Å². The smallest absolute Gasteiger partial charge is 0.251 e. The van der Waals surface area contributed by atoms with Crippen LogP contribution in [0, 0.1) is 0 Å². The first-order valence-electron chi connectivity index (χ1n) is 6.62. The van der Waals surface area contributed by atoms with Crippen LogP contribution in [0.25, 0.3) is 11.4 Å². The van der Waals surface area contributed by atoms with Crippen LogP contribution in [0.1, 0.15) is 39.0 Å². The predicted molar refractivity (Wildman–Crippen MR) is 78.4 cm³/mol. The van der Waals surface area contributed by atoms with Crippen molar-refractivity contribution >= 4 is 0 Å². The first-order valence-corrected chi connectivity index (χ1v) is 6.62. The van der Waals surface area contributed by atoms with E-state index in [9.17, 15) is 4.79 Å². The lowest BCUT2D eigenvalue weighted by Gasteiger charge is -2.18. The molecule has 1 aromatic heterocycles. The number of rotatable bonds is 2. The van der Waals surface area contributed by atoms with Crippen molar-refractivity contribution in [3.05, 3.63) is 51.9 Å². The molecule has 2 rings (SSSR count). The molecule has 0 bridgehead atoms. The van der Waals surface area contributed by atoms with E-state index in [1.807, 2.05) is 18.2 Å². The quantitative estimate of drug-likeness (QED) is 0.896. The summed E-state index contributed by atoms with van der Waals surface area (Å²) < 4.78 is 0. The minimum atomic E-state index is -0.135. The molecule has 0 saturated heterocycles. The number of benzene rings is 1. The first kappa shape index (κ1) is 13.5. The van der Waals surface area contributed by atoms with Crippen molar-refractivity contribution in [3.8, 4) is 11.4 Å².